The van der Waals surface area contributed by atoms with Crippen LogP contribution in [-0.4, -0.2) is 43.8 Å². The molecule has 0 unspecified atom stereocenters. The number of aromatic nitrogens is 1. The minimum atomic E-state index is -4.41. The molecular formula is C11H15ClF3N3O2. The molecule has 2 N–H and O–H groups in total. The number of hydrogen-bond acceptors (Lipinski definition) is 4. The van der Waals surface area contributed by atoms with Crippen LogP contribution < -0.4 is 15.4 Å². The Hall–Kier alpha value is -1.54. The number of nitrogens with zero attached hydrogens (tertiary/aromatic N) is 1. The summed E-state index contributed by atoms with van der Waals surface area (Å²) in [5, 5.41) is 5.47. The lowest BCUT2D eigenvalue weighted by atomic mass is 10.2. The summed E-state index contributed by atoms with van der Waals surface area (Å²) in [4.78, 5) is 15.2. The second kappa shape index (κ2) is 8.60. The van der Waals surface area contributed by atoms with Gasteiger partial charge in [0.1, 0.15) is 0 Å². The van der Waals surface area contributed by atoms with E-state index in [1.807, 2.05) is 0 Å². The van der Waals surface area contributed by atoms with Crippen LogP contribution in [0.3, 0.4) is 0 Å². The Kier molecular flexibility index (Phi) is 7.93. The monoisotopic (exact) mass is 313 g/mol. The van der Waals surface area contributed by atoms with Gasteiger partial charge in [-0.25, -0.2) is 4.98 Å². The molecule has 5 nitrogen and oxygen atoms in total. The fraction of sp³-hybridized carbons (Fsp3) is 0.455. The third-order valence-corrected chi connectivity index (χ3v) is 2.04. The Labute approximate surface area is 120 Å². The highest BCUT2D eigenvalue weighted by Gasteiger charge is 2.28. The van der Waals surface area contributed by atoms with Gasteiger partial charge in [-0.15, -0.1) is 12.4 Å². The summed E-state index contributed by atoms with van der Waals surface area (Å²) in [6.07, 6.45) is -3.24. The van der Waals surface area contributed by atoms with E-state index in [-0.39, 0.29) is 29.8 Å². The smallest absolute Gasteiger partial charge is 0.422 e. The molecular weight excluding hydrogens is 299 g/mol. The van der Waals surface area contributed by atoms with E-state index in [2.05, 4.69) is 20.4 Å². The summed E-state index contributed by atoms with van der Waals surface area (Å²) in [5.41, 5.74) is 0.260. The van der Waals surface area contributed by atoms with Crippen molar-refractivity contribution in [2.75, 3.05) is 26.7 Å². The zero-order chi connectivity index (χ0) is 14.3. The van der Waals surface area contributed by atoms with Crippen molar-refractivity contribution in [2.24, 2.45) is 0 Å². The van der Waals surface area contributed by atoms with Crippen molar-refractivity contribution in [2.45, 2.75) is 6.18 Å². The lowest BCUT2D eigenvalue weighted by Crippen LogP contribution is -2.30. The molecule has 114 valence electrons. The quantitative estimate of drug-likeness (QED) is 0.779. The summed E-state index contributed by atoms with van der Waals surface area (Å²) < 4.78 is 40.1. The Morgan fingerprint density at radius 3 is 2.55 bits per heavy atom. The number of amides is 1. The molecule has 0 bridgehead atoms. The highest BCUT2D eigenvalue weighted by atomic mass is 35.5. The topological polar surface area (TPSA) is 63.2 Å². The van der Waals surface area contributed by atoms with Gasteiger partial charge in [-0.2, -0.15) is 13.2 Å². The summed E-state index contributed by atoms with van der Waals surface area (Å²) in [6.45, 7) is -0.346. The predicted molar refractivity (Wildman–Crippen MR) is 69.3 cm³/mol. The molecule has 0 saturated carbocycles. The lowest BCUT2D eigenvalue weighted by molar-refractivity contribution is -0.154. The average molecular weight is 314 g/mol. The van der Waals surface area contributed by atoms with E-state index in [0.29, 0.717) is 13.1 Å². The van der Waals surface area contributed by atoms with Crippen LogP contribution in [0.2, 0.25) is 0 Å². The molecule has 0 fully saturated rings. The first kappa shape index (κ1) is 18.5. The van der Waals surface area contributed by atoms with Crippen LogP contribution >= 0.6 is 12.4 Å². The van der Waals surface area contributed by atoms with Crippen molar-refractivity contribution in [1.29, 1.82) is 0 Å². The largest absolute Gasteiger partial charge is 0.468 e. The second-order valence-corrected chi connectivity index (χ2v) is 3.65. The molecule has 0 aliphatic carbocycles. The number of alkyl halides is 3. The highest BCUT2D eigenvalue weighted by Crippen LogP contribution is 2.16. The van der Waals surface area contributed by atoms with Crippen LogP contribution in [0.4, 0.5) is 13.2 Å². The maximum absolute atomic E-state index is 11.9. The molecule has 1 aromatic heterocycles. The Balaban J connectivity index is 0.00000361. The zero-order valence-corrected chi connectivity index (χ0v) is 11.5. The van der Waals surface area contributed by atoms with Gasteiger partial charge in [0.15, 0.2) is 6.61 Å². The summed E-state index contributed by atoms with van der Waals surface area (Å²) in [7, 11) is 1.75. The number of pyridine rings is 1. The molecule has 1 rings (SSSR count). The van der Waals surface area contributed by atoms with Gasteiger partial charge in [-0.3, -0.25) is 4.79 Å². The number of carbonyl (C=O) groups excluding carboxylic acids is 1. The fourth-order valence-electron chi connectivity index (χ4n) is 1.16. The van der Waals surface area contributed by atoms with Crippen LogP contribution in [0, 0.1) is 0 Å². The first-order valence-electron chi connectivity index (χ1n) is 5.51. The van der Waals surface area contributed by atoms with E-state index in [1.54, 1.807) is 7.05 Å². The van der Waals surface area contributed by atoms with Crippen molar-refractivity contribution >= 4 is 18.3 Å². The summed E-state index contributed by atoms with van der Waals surface area (Å²) in [5.74, 6) is -0.519. The maximum Gasteiger partial charge on any atom is 0.422 e. The molecule has 1 heterocycles. The van der Waals surface area contributed by atoms with Crippen molar-refractivity contribution in [3.05, 3.63) is 23.9 Å². The number of hydrogen-bond donors (Lipinski definition) is 2. The van der Waals surface area contributed by atoms with Crippen LogP contribution in [0.15, 0.2) is 18.3 Å². The highest BCUT2D eigenvalue weighted by molar-refractivity contribution is 5.93. The van der Waals surface area contributed by atoms with Gasteiger partial charge in [-0.05, 0) is 13.1 Å². The van der Waals surface area contributed by atoms with E-state index < -0.39 is 12.8 Å². The standard InChI is InChI=1S/C11H14F3N3O2.ClH/c1-15-4-5-16-10(18)8-2-3-9(17-6-8)19-7-11(12,13)14;/h2-3,6,15H,4-5,7H2,1H3,(H,16,18);1H. The first-order chi connectivity index (χ1) is 8.92. The van der Waals surface area contributed by atoms with Gasteiger partial charge in [0.2, 0.25) is 5.88 Å². The van der Waals surface area contributed by atoms with Gasteiger partial charge in [0.25, 0.3) is 5.91 Å². The molecule has 1 aromatic rings. The molecule has 0 aliphatic rings. The van der Waals surface area contributed by atoms with E-state index in [9.17, 15) is 18.0 Å². The molecule has 0 atom stereocenters. The molecule has 9 heteroatoms. The third-order valence-electron chi connectivity index (χ3n) is 2.04. The number of ether oxygens (including phenoxy) is 1. The minimum absolute atomic E-state index is 0. The predicted octanol–water partition coefficient (Wildman–Crippen LogP) is 1.39. The molecule has 1 amide bonds. The minimum Gasteiger partial charge on any atom is -0.468 e. The van der Waals surface area contributed by atoms with Crippen molar-refractivity contribution < 1.29 is 22.7 Å². The summed E-state index contributed by atoms with van der Waals surface area (Å²) in [6, 6.07) is 2.58. The molecule has 0 spiro atoms. The first-order valence-corrected chi connectivity index (χ1v) is 5.51. The lowest BCUT2D eigenvalue weighted by Gasteiger charge is -2.08. The van der Waals surface area contributed by atoms with Crippen LogP contribution in [0.25, 0.3) is 0 Å². The van der Waals surface area contributed by atoms with E-state index in [4.69, 9.17) is 0 Å². The maximum atomic E-state index is 11.9. The van der Waals surface area contributed by atoms with Gasteiger partial charge in [0, 0.05) is 25.4 Å². The summed E-state index contributed by atoms with van der Waals surface area (Å²) >= 11 is 0. The van der Waals surface area contributed by atoms with E-state index in [1.165, 1.54) is 18.3 Å². The van der Waals surface area contributed by atoms with Crippen LogP contribution in [0.5, 0.6) is 5.88 Å². The number of likely N-dealkylation sites (N-methyl/N-ethyl adjacent to an activating group) is 1. The molecule has 20 heavy (non-hydrogen) atoms. The third kappa shape index (κ3) is 7.15. The molecule has 0 aromatic carbocycles. The van der Waals surface area contributed by atoms with E-state index >= 15 is 0 Å². The Bertz CT molecular complexity index is 412. The molecule has 0 aliphatic heterocycles. The van der Waals surface area contributed by atoms with Gasteiger partial charge in [-0.1, -0.05) is 0 Å². The van der Waals surface area contributed by atoms with Crippen LogP contribution in [0.1, 0.15) is 10.4 Å². The molecule has 0 radical (unpaired) electrons. The van der Waals surface area contributed by atoms with E-state index in [0.717, 1.165) is 0 Å². The molecule has 0 saturated heterocycles. The van der Waals surface area contributed by atoms with Gasteiger partial charge in [0.05, 0.1) is 5.56 Å². The number of carbonyl (C=O) groups is 1. The van der Waals surface area contributed by atoms with Gasteiger partial charge < -0.3 is 15.4 Å². The average Bonchev–Trinajstić information content (AvgIpc) is 2.36. The normalized spacial score (nSPS) is 10.6. The van der Waals surface area contributed by atoms with Crippen molar-refractivity contribution in [3.63, 3.8) is 0 Å². The SMILES string of the molecule is CNCCNC(=O)c1ccc(OCC(F)(F)F)nc1.Cl. The number of rotatable bonds is 6. The van der Waals surface area contributed by atoms with Crippen LogP contribution in [-0.2, 0) is 0 Å². The van der Waals surface area contributed by atoms with Crippen molar-refractivity contribution in [1.82, 2.24) is 15.6 Å². The number of halogens is 4. The Morgan fingerprint density at radius 2 is 2.05 bits per heavy atom. The van der Waals surface area contributed by atoms with Gasteiger partial charge >= 0.3 is 6.18 Å². The fourth-order valence-corrected chi connectivity index (χ4v) is 1.16. The van der Waals surface area contributed by atoms with Crippen molar-refractivity contribution in [3.8, 4) is 5.88 Å². The Morgan fingerprint density at radius 1 is 1.35 bits per heavy atom. The number of nitrogens with one attached hydrogen (secondary N) is 2. The zero-order valence-electron chi connectivity index (χ0n) is 10.7. The second-order valence-electron chi connectivity index (χ2n) is 3.65.